The van der Waals surface area contributed by atoms with Crippen LogP contribution in [0.15, 0.2) is 17.0 Å². The molecule has 1 rings (SSSR count). The Morgan fingerprint density at radius 2 is 2.00 bits per heavy atom. The van der Waals surface area contributed by atoms with E-state index >= 15 is 0 Å². The second kappa shape index (κ2) is 6.78. The number of nitrogens with two attached hydrogens (primary N) is 1. The molecule has 2 N–H and O–H groups in total. The molecule has 0 aliphatic carbocycles. The van der Waals surface area contributed by atoms with E-state index in [-0.39, 0.29) is 24.3 Å². The van der Waals surface area contributed by atoms with E-state index in [1.807, 2.05) is 0 Å². The summed E-state index contributed by atoms with van der Waals surface area (Å²) in [7, 11) is -4.11. The van der Waals surface area contributed by atoms with Gasteiger partial charge in [0.1, 0.15) is 12.4 Å². The highest BCUT2D eigenvalue weighted by molar-refractivity contribution is 7.89. The van der Waals surface area contributed by atoms with Crippen molar-refractivity contribution in [3.63, 3.8) is 0 Å². The van der Waals surface area contributed by atoms with Crippen LogP contribution in [-0.4, -0.2) is 34.2 Å². The second-order valence-corrected chi connectivity index (χ2v) is 5.49. The lowest BCUT2D eigenvalue weighted by Crippen LogP contribution is -2.17. The number of hydrogen-bond donors (Lipinski definition) is 1. The molecule has 0 amide bonds. The minimum atomic E-state index is -4.11. The van der Waals surface area contributed by atoms with Crippen molar-refractivity contribution in [1.29, 1.82) is 0 Å². The molecule has 0 bridgehead atoms. The van der Waals surface area contributed by atoms with E-state index in [4.69, 9.17) is 14.6 Å². The summed E-state index contributed by atoms with van der Waals surface area (Å²) in [5, 5.41) is 4.97. The fourth-order valence-electron chi connectivity index (χ4n) is 1.49. The molecule has 0 aliphatic rings. The van der Waals surface area contributed by atoms with Gasteiger partial charge >= 0.3 is 5.97 Å². The van der Waals surface area contributed by atoms with Gasteiger partial charge in [-0.1, -0.05) is 0 Å². The molecular formula is C12H16FNO5S. The minimum absolute atomic E-state index is 0.00707. The highest BCUT2D eigenvalue weighted by Crippen LogP contribution is 2.20. The molecule has 1 aromatic rings. The van der Waals surface area contributed by atoms with Crippen molar-refractivity contribution >= 4 is 16.0 Å². The molecule has 0 heterocycles. The first-order valence-corrected chi connectivity index (χ1v) is 7.39. The number of primary sulfonamides is 1. The lowest BCUT2D eigenvalue weighted by molar-refractivity contribution is 0.0334. The van der Waals surface area contributed by atoms with Crippen molar-refractivity contribution in [2.75, 3.05) is 19.8 Å². The fraction of sp³-hybridized carbons (Fsp3) is 0.417. The predicted molar refractivity (Wildman–Crippen MR) is 69.3 cm³/mol. The average molecular weight is 305 g/mol. The van der Waals surface area contributed by atoms with Crippen LogP contribution in [0.25, 0.3) is 0 Å². The summed E-state index contributed by atoms with van der Waals surface area (Å²) < 4.78 is 46.1. The minimum Gasteiger partial charge on any atom is -0.460 e. The van der Waals surface area contributed by atoms with Crippen LogP contribution < -0.4 is 5.14 Å². The van der Waals surface area contributed by atoms with E-state index < -0.39 is 26.7 Å². The van der Waals surface area contributed by atoms with E-state index in [1.54, 1.807) is 6.92 Å². The maximum absolute atomic E-state index is 13.6. The molecular weight excluding hydrogens is 289 g/mol. The Labute approximate surface area is 116 Å². The number of sulfonamides is 1. The molecule has 0 saturated heterocycles. The van der Waals surface area contributed by atoms with Crippen LogP contribution in [0.3, 0.4) is 0 Å². The van der Waals surface area contributed by atoms with Gasteiger partial charge in [-0.2, -0.15) is 0 Å². The van der Waals surface area contributed by atoms with Crippen molar-refractivity contribution in [3.8, 4) is 0 Å². The normalized spacial score (nSPS) is 11.4. The largest absolute Gasteiger partial charge is 0.460 e. The van der Waals surface area contributed by atoms with Gasteiger partial charge in [-0.25, -0.2) is 22.7 Å². The number of carbonyl (C=O) groups excluding carboxylic acids is 1. The van der Waals surface area contributed by atoms with Crippen LogP contribution in [0.2, 0.25) is 0 Å². The molecule has 0 atom stereocenters. The summed E-state index contributed by atoms with van der Waals surface area (Å²) in [5.74, 6) is -1.68. The Balaban J connectivity index is 2.97. The Morgan fingerprint density at radius 3 is 2.55 bits per heavy atom. The smallest absolute Gasteiger partial charge is 0.338 e. The highest BCUT2D eigenvalue weighted by atomic mass is 32.2. The van der Waals surface area contributed by atoms with Gasteiger partial charge in [-0.15, -0.1) is 0 Å². The number of esters is 1. The van der Waals surface area contributed by atoms with Crippen LogP contribution >= 0.6 is 0 Å². The van der Waals surface area contributed by atoms with Crippen molar-refractivity contribution in [3.05, 3.63) is 29.1 Å². The monoisotopic (exact) mass is 305 g/mol. The number of carbonyl (C=O) groups is 1. The van der Waals surface area contributed by atoms with Gasteiger partial charge in [0.2, 0.25) is 10.0 Å². The first-order valence-electron chi connectivity index (χ1n) is 5.85. The highest BCUT2D eigenvalue weighted by Gasteiger charge is 2.19. The standard InChI is InChI=1S/C12H16FNO5S/c1-3-18-4-5-19-12(15)9-6-10(13)8(2)11(7-9)20(14,16)17/h6-7H,3-5H2,1-2H3,(H2,14,16,17). The number of ether oxygens (including phenoxy) is 2. The molecule has 0 saturated carbocycles. The van der Waals surface area contributed by atoms with E-state index in [9.17, 15) is 17.6 Å². The maximum atomic E-state index is 13.6. The number of rotatable bonds is 6. The van der Waals surface area contributed by atoms with Crippen molar-refractivity contribution < 1.29 is 27.1 Å². The van der Waals surface area contributed by atoms with E-state index in [0.717, 1.165) is 12.1 Å². The van der Waals surface area contributed by atoms with Crippen molar-refractivity contribution in [1.82, 2.24) is 0 Å². The number of halogens is 1. The van der Waals surface area contributed by atoms with Crippen LogP contribution in [0.5, 0.6) is 0 Å². The first-order chi connectivity index (χ1) is 9.27. The van der Waals surface area contributed by atoms with Gasteiger partial charge in [-0.3, -0.25) is 0 Å². The fourth-order valence-corrected chi connectivity index (χ4v) is 2.30. The molecule has 0 fully saturated rings. The number of benzene rings is 1. The molecule has 8 heteroatoms. The van der Waals surface area contributed by atoms with Gasteiger partial charge < -0.3 is 9.47 Å². The van der Waals surface area contributed by atoms with Crippen LogP contribution in [0.4, 0.5) is 4.39 Å². The lowest BCUT2D eigenvalue weighted by Gasteiger charge is -2.09. The number of hydrogen-bond acceptors (Lipinski definition) is 5. The van der Waals surface area contributed by atoms with Gasteiger partial charge in [0.05, 0.1) is 17.1 Å². The summed E-state index contributed by atoms with van der Waals surface area (Å²) in [4.78, 5) is 11.2. The quantitative estimate of drug-likeness (QED) is 0.624. The molecule has 0 unspecified atom stereocenters. The summed E-state index contributed by atoms with van der Waals surface area (Å²) in [6.07, 6.45) is 0. The van der Waals surface area contributed by atoms with E-state index in [2.05, 4.69) is 0 Å². The van der Waals surface area contributed by atoms with Crippen molar-refractivity contribution in [2.24, 2.45) is 5.14 Å². The van der Waals surface area contributed by atoms with E-state index in [1.165, 1.54) is 6.92 Å². The third kappa shape index (κ3) is 4.26. The molecule has 20 heavy (non-hydrogen) atoms. The zero-order valence-corrected chi connectivity index (χ0v) is 12.0. The molecule has 0 aliphatic heterocycles. The molecule has 0 radical (unpaired) electrons. The molecule has 0 spiro atoms. The maximum Gasteiger partial charge on any atom is 0.338 e. The molecule has 112 valence electrons. The zero-order chi connectivity index (χ0) is 15.3. The van der Waals surface area contributed by atoms with Crippen molar-refractivity contribution in [2.45, 2.75) is 18.7 Å². The molecule has 6 nitrogen and oxygen atoms in total. The summed E-state index contributed by atoms with van der Waals surface area (Å²) >= 11 is 0. The Kier molecular flexibility index (Phi) is 5.61. The zero-order valence-electron chi connectivity index (χ0n) is 11.2. The average Bonchev–Trinajstić information content (AvgIpc) is 2.36. The Bertz CT molecular complexity index is 600. The lowest BCUT2D eigenvalue weighted by atomic mass is 10.1. The van der Waals surface area contributed by atoms with Gasteiger partial charge in [0.15, 0.2) is 0 Å². The summed E-state index contributed by atoms with van der Waals surface area (Å²) in [6, 6.07) is 1.91. The van der Waals surface area contributed by atoms with Gasteiger partial charge in [0, 0.05) is 12.2 Å². The second-order valence-electron chi connectivity index (χ2n) is 3.96. The van der Waals surface area contributed by atoms with Crippen LogP contribution in [-0.2, 0) is 19.5 Å². The van der Waals surface area contributed by atoms with Crippen LogP contribution in [0, 0.1) is 12.7 Å². The third-order valence-corrected chi connectivity index (χ3v) is 3.54. The molecule has 1 aromatic carbocycles. The summed E-state index contributed by atoms with van der Waals surface area (Å²) in [6.45, 7) is 3.73. The topological polar surface area (TPSA) is 95.7 Å². The molecule has 0 aromatic heterocycles. The predicted octanol–water partition coefficient (Wildman–Crippen LogP) is 0.975. The first kappa shape index (κ1) is 16.5. The SMILES string of the molecule is CCOCCOC(=O)c1cc(F)c(C)c(S(N)(=O)=O)c1. The Hall–Kier alpha value is -1.51. The summed E-state index contributed by atoms with van der Waals surface area (Å²) in [5.41, 5.74) is -0.355. The van der Waals surface area contributed by atoms with Crippen LogP contribution in [0.1, 0.15) is 22.8 Å². The van der Waals surface area contributed by atoms with E-state index in [0.29, 0.717) is 6.61 Å². The van der Waals surface area contributed by atoms with Gasteiger partial charge in [0.25, 0.3) is 0 Å². The third-order valence-electron chi connectivity index (χ3n) is 2.50. The Morgan fingerprint density at radius 1 is 1.35 bits per heavy atom. The van der Waals surface area contributed by atoms with Gasteiger partial charge in [-0.05, 0) is 26.0 Å².